The van der Waals surface area contributed by atoms with E-state index in [0.29, 0.717) is 41.2 Å². The fourth-order valence-corrected chi connectivity index (χ4v) is 3.45. The maximum atomic E-state index is 13.4. The van der Waals surface area contributed by atoms with E-state index in [1.54, 1.807) is 41.2 Å². The van der Waals surface area contributed by atoms with E-state index in [0.717, 1.165) is 0 Å². The minimum atomic E-state index is -0.348. The van der Waals surface area contributed by atoms with E-state index in [1.165, 1.54) is 17.0 Å². The van der Waals surface area contributed by atoms with Gasteiger partial charge in [-0.2, -0.15) is 10.4 Å². The summed E-state index contributed by atoms with van der Waals surface area (Å²) in [6.45, 7) is 0.407. The number of para-hydroxylation sites is 1. The van der Waals surface area contributed by atoms with E-state index in [4.69, 9.17) is 17.5 Å². The number of anilines is 1. The lowest BCUT2D eigenvalue weighted by atomic mass is 10.1. The molecule has 1 aromatic heterocycles. The van der Waals surface area contributed by atoms with Crippen LogP contribution in [0.4, 0.5) is 10.1 Å². The molecule has 148 valence electrons. The molecule has 0 aliphatic carbocycles. The van der Waals surface area contributed by atoms with Crippen molar-refractivity contribution >= 4 is 35.0 Å². The summed E-state index contributed by atoms with van der Waals surface area (Å²) in [7, 11) is 0. The zero-order valence-electron chi connectivity index (χ0n) is 15.7. The van der Waals surface area contributed by atoms with Crippen LogP contribution in [0.2, 0.25) is 0 Å². The Hall–Kier alpha value is -3.83. The second-order valence-electron chi connectivity index (χ2n) is 6.58. The predicted molar refractivity (Wildman–Crippen MR) is 115 cm³/mol. The summed E-state index contributed by atoms with van der Waals surface area (Å²) in [6, 6.07) is 17.2. The molecule has 0 unspecified atom stereocenters. The number of nitriles is 1. The highest BCUT2D eigenvalue weighted by Gasteiger charge is 2.32. The summed E-state index contributed by atoms with van der Waals surface area (Å²) in [5, 5.41) is 16.6. The van der Waals surface area contributed by atoms with E-state index in [2.05, 4.69) is 16.5 Å². The Morgan fingerprint density at radius 2 is 1.90 bits per heavy atom. The quantitative estimate of drug-likeness (QED) is 0.504. The molecule has 1 aliphatic heterocycles. The summed E-state index contributed by atoms with van der Waals surface area (Å²) < 4.78 is 15.0. The zero-order chi connectivity index (χ0) is 21.1. The summed E-state index contributed by atoms with van der Waals surface area (Å²) >= 11 is 5.35. The molecule has 4 rings (SSSR count). The third-order valence-corrected chi connectivity index (χ3v) is 4.84. The molecule has 1 amide bonds. The van der Waals surface area contributed by atoms with Gasteiger partial charge < -0.3 is 5.32 Å². The van der Waals surface area contributed by atoms with Crippen molar-refractivity contribution in [3.63, 3.8) is 0 Å². The van der Waals surface area contributed by atoms with Crippen molar-refractivity contribution in [1.82, 2.24) is 15.1 Å². The molecule has 0 saturated carbocycles. The number of carbonyl (C=O) groups is 1. The first-order valence-corrected chi connectivity index (χ1v) is 9.60. The van der Waals surface area contributed by atoms with E-state index in [-0.39, 0.29) is 16.8 Å². The molecular formula is C22H16FN5OS. The zero-order valence-corrected chi connectivity index (χ0v) is 16.6. The van der Waals surface area contributed by atoms with Gasteiger partial charge in [0.15, 0.2) is 5.11 Å². The Morgan fingerprint density at radius 1 is 1.17 bits per heavy atom. The molecule has 2 aromatic carbocycles. The molecule has 1 aliphatic rings. The molecule has 2 heterocycles. The summed E-state index contributed by atoms with van der Waals surface area (Å²) in [4.78, 5) is 14.4. The van der Waals surface area contributed by atoms with Crippen LogP contribution in [0.3, 0.4) is 0 Å². The number of benzene rings is 2. The summed E-state index contributed by atoms with van der Waals surface area (Å²) in [5.74, 6) is -0.625. The molecule has 3 aromatic rings. The molecular weight excluding hydrogens is 401 g/mol. The molecule has 6 nitrogen and oxygen atoms in total. The van der Waals surface area contributed by atoms with Gasteiger partial charge in [-0.25, -0.2) is 4.39 Å². The summed E-state index contributed by atoms with van der Waals surface area (Å²) in [5.41, 5.74) is 2.93. The van der Waals surface area contributed by atoms with Crippen LogP contribution in [0.25, 0.3) is 17.3 Å². The molecule has 1 saturated heterocycles. The maximum absolute atomic E-state index is 13.4. The number of thiocarbonyl (C=S) groups is 1. The van der Waals surface area contributed by atoms with Gasteiger partial charge in [-0.1, -0.05) is 18.2 Å². The van der Waals surface area contributed by atoms with Gasteiger partial charge in [0.1, 0.15) is 11.5 Å². The highest BCUT2D eigenvalue weighted by molar-refractivity contribution is 7.80. The van der Waals surface area contributed by atoms with Crippen molar-refractivity contribution in [1.29, 1.82) is 5.26 Å². The second kappa shape index (κ2) is 8.27. The van der Waals surface area contributed by atoms with E-state index in [1.807, 2.05) is 18.2 Å². The van der Waals surface area contributed by atoms with Crippen LogP contribution in [0.1, 0.15) is 12.0 Å². The van der Waals surface area contributed by atoms with Crippen LogP contribution in [0, 0.1) is 17.1 Å². The Labute approximate surface area is 177 Å². The number of aryl methyl sites for hydroxylation is 1. The van der Waals surface area contributed by atoms with Crippen molar-refractivity contribution in [3.8, 4) is 17.3 Å². The van der Waals surface area contributed by atoms with Crippen molar-refractivity contribution in [3.05, 3.63) is 77.9 Å². The SMILES string of the molecule is N#CCCn1cc(/C=C2/NC(=S)N(c3ccccc3)C2=O)c(-c2ccc(F)cc2)n1. The van der Waals surface area contributed by atoms with Gasteiger partial charge in [-0.05, 0) is 54.7 Å². The predicted octanol–water partition coefficient (Wildman–Crippen LogP) is 3.87. The average Bonchev–Trinajstić information content (AvgIpc) is 3.28. The highest BCUT2D eigenvalue weighted by atomic mass is 32.1. The van der Waals surface area contributed by atoms with E-state index in [9.17, 15) is 9.18 Å². The number of hydrogen-bond donors (Lipinski definition) is 1. The van der Waals surface area contributed by atoms with E-state index < -0.39 is 0 Å². The van der Waals surface area contributed by atoms with Crippen LogP contribution in [-0.2, 0) is 11.3 Å². The number of amides is 1. The number of nitrogens with one attached hydrogen (secondary N) is 1. The third-order valence-electron chi connectivity index (χ3n) is 4.55. The van der Waals surface area contributed by atoms with Crippen molar-refractivity contribution in [2.45, 2.75) is 13.0 Å². The fraction of sp³-hybridized carbons (Fsp3) is 0.0909. The number of nitrogens with zero attached hydrogens (tertiary/aromatic N) is 4. The third kappa shape index (κ3) is 3.83. The van der Waals surface area contributed by atoms with Crippen LogP contribution in [0.5, 0.6) is 0 Å². The first kappa shape index (κ1) is 19.5. The first-order chi connectivity index (χ1) is 14.6. The number of aromatic nitrogens is 2. The molecule has 1 N–H and O–H groups in total. The second-order valence-corrected chi connectivity index (χ2v) is 6.96. The van der Waals surface area contributed by atoms with Crippen LogP contribution < -0.4 is 10.2 Å². The molecule has 0 atom stereocenters. The van der Waals surface area contributed by atoms with Crippen molar-refractivity contribution in [2.24, 2.45) is 0 Å². The lowest BCUT2D eigenvalue weighted by Crippen LogP contribution is -2.30. The van der Waals surface area contributed by atoms with Crippen molar-refractivity contribution in [2.75, 3.05) is 4.90 Å². The van der Waals surface area contributed by atoms with Gasteiger partial charge in [-0.3, -0.25) is 14.4 Å². The average molecular weight is 417 g/mol. The number of rotatable bonds is 5. The largest absolute Gasteiger partial charge is 0.327 e. The molecule has 1 fully saturated rings. The van der Waals surface area contributed by atoms with Gasteiger partial charge in [0, 0.05) is 17.3 Å². The lowest BCUT2D eigenvalue weighted by Gasteiger charge is -2.13. The topological polar surface area (TPSA) is 74.0 Å². The fourth-order valence-electron chi connectivity index (χ4n) is 3.16. The van der Waals surface area contributed by atoms with Crippen LogP contribution in [-0.4, -0.2) is 20.8 Å². The van der Waals surface area contributed by atoms with Gasteiger partial charge >= 0.3 is 0 Å². The molecule has 0 radical (unpaired) electrons. The molecule has 8 heteroatoms. The van der Waals surface area contributed by atoms with Gasteiger partial charge in [0.2, 0.25) is 0 Å². The number of carbonyl (C=O) groups excluding carboxylic acids is 1. The Balaban J connectivity index is 1.72. The lowest BCUT2D eigenvalue weighted by molar-refractivity contribution is -0.113. The molecule has 30 heavy (non-hydrogen) atoms. The Bertz CT molecular complexity index is 1180. The molecule has 0 bridgehead atoms. The smallest absolute Gasteiger partial charge is 0.281 e. The van der Waals surface area contributed by atoms with Gasteiger partial charge in [0.05, 0.1) is 30.4 Å². The highest BCUT2D eigenvalue weighted by Crippen LogP contribution is 2.27. The summed E-state index contributed by atoms with van der Waals surface area (Å²) in [6.07, 6.45) is 3.72. The van der Waals surface area contributed by atoms with Crippen molar-refractivity contribution < 1.29 is 9.18 Å². The maximum Gasteiger partial charge on any atom is 0.281 e. The van der Waals surface area contributed by atoms with E-state index >= 15 is 0 Å². The van der Waals surface area contributed by atoms with Gasteiger partial charge in [0.25, 0.3) is 5.91 Å². The monoisotopic (exact) mass is 417 g/mol. The van der Waals surface area contributed by atoms with Gasteiger partial charge in [-0.15, -0.1) is 0 Å². The van der Waals surface area contributed by atoms with Crippen LogP contribution in [0.15, 0.2) is 66.5 Å². The minimum Gasteiger partial charge on any atom is -0.327 e. The first-order valence-electron chi connectivity index (χ1n) is 9.19. The molecule has 0 spiro atoms. The normalized spacial score (nSPS) is 14.8. The Morgan fingerprint density at radius 3 is 2.60 bits per heavy atom. The van der Waals surface area contributed by atoms with Crippen LogP contribution >= 0.6 is 12.2 Å². The number of hydrogen-bond acceptors (Lipinski definition) is 4. The number of halogens is 1. The standard InChI is InChI=1S/C22H16FN5OS/c23-17-9-7-15(8-10-17)20-16(14-27(26-20)12-4-11-24)13-19-21(29)28(22(30)25-19)18-5-2-1-3-6-18/h1-3,5-10,13-14H,4,12H2,(H,25,30)/b19-13+. The minimum absolute atomic E-state index is 0.277. The Kier molecular flexibility index (Phi) is 5.37.